The van der Waals surface area contributed by atoms with E-state index in [9.17, 15) is 17.2 Å². The molecule has 0 bridgehead atoms. The second-order valence-corrected chi connectivity index (χ2v) is 10.1. The van der Waals surface area contributed by atoms with Crippen LogP contribution in [0.2, 0.25) is 0 Å². The number of rotatable bonds is 7. The summed E-state index contributed by atoms with van der Waals surface area (Å²) in [6, 6.07) is 12.2. The minimum atomic E-state index is -3.63. The first kappa shape index (κ1) is 22.4. The summed E-state index contributed by atoms with van der Waals surface area (Å²) in [5, 5.41) is 9.75. The van der Waals surface area contributed by atoms with Crippen LogP contribution in [-0.2, 0) is 16.6 Å². The maximum absolute atomic E-state index is 13.6. The number of pyridine rings is 1. The number of para-hydroxylation sites is 1. The summed E-state index contributed by atoms with van der Waals surface area (Å²) >= 11 is 0. The smallest absolute Gasteiger partial charge is 0.314 e. The van der Waals surface area contributed by atoms with Gasteiger partial charge in [0.2, 0.25) is 15.9 Å². The SMILES string of the molecule is O=S(=O)(C1CCNCC1)N(Cc1cn2ccc(-c3nnc(C(F)F)o3)cc2n1)c1ccccc1. The van der Waals surface area contributed by atoms with Gasteiger partial charge >= 0.3 is 6.43 Å². The highest BCUT2D eigenvalue weighted by atomic mass is 32.2. The Hall–Kier alpha value is -3.38. The number of aromatic nitrogens is 4. The van der Waals surface area contributed by atoms with Crippen molar-refractivity contribution in [3.05, 3.63) is 66.4 Å². The average Bonchev–Trinajstić information content (AvgIpc) is 3.50. The lowest BCUT2D eigenvalue weighted by atomic mass is 10.2. The van der Waals surface area contributed by atoms with Crippen LogP contribution in [0.5, 0.6) is 0 Å². The van der Waals surface area contributed by atoms with Crippen LogP contribution < -0.4 is 9.62 Å². The number of hydrogen-bond acceptors (Lipinski definition) is 7. The molecule has 0 atom stereocenters. The number of sulfonamides is 1. The van der Waals surface area contributed by atoms with Gasteiger partial charge in [0.15, 0.2) is 0 Å². The molecule has 0 spiro atoms. The molecule has 34 heavy (non-hydrogen) atoms. The minimum Gasteiger partial charge on any atom is -0.415 e. The van der Waals surface area contributed by atoms with Crippen LogP contribution in [-0.4, -0.2) is 46.3 Å². The van der Waals surface area contributed by atoms with Crippen molar-refractivity contribution in [1.82, 2.24) is 24.9 Å². The molecule has 1 aromatic carbocycles. The summed E-state index contributed by atoms with van der Waals surface area (Å²) in [6.45, 7) is 1.38. The molecule has 1 saturated heterocycles. The van der Waals surface area contributed by atoms with Crippen LogP contribution in [0.4, 0.5) is 14.5 Å². The lowest BCUT2D eigenvalue weighted by Gasteiger charge is -2.31. The molecular weight excluding hydrogens is 466 g/mol. The van der Waals surface area contributed by atoms with Crippen LogP contribution >= 0.6 is 0 Å². The number of alkyl halides is 2. The second-order valence-electron chi connectivity index (χ2n) is 8.00. The molecule has 12 heteroatoms. The van der Waals surface area contributed by atoms with Gasteiger partial charge in [0.05, 0.1) is 23.2 Å². The maximum Gasteiger partial charge on any atom is 0.314 e. The van der Waals surface area contributed by atoms with Crippen LogP contribution in [0.1, 0.15) is 30.9 Å². The maximum atomic E-state index is 13.6. The Labute approximate surface area is 194 Å². The third kappa shape index (κ3) is 4.38. The molecule has 0 radical (unpaired) electrons. The topological polar surface area (TPSA) is 106 Å². The third-order valence-electron chi connectivity index (χ3n) is 5.75. The quantitative estimate of drug-likeness (QED) is 0.425. The summed E-state index contributed by atoms with van der Waals surface area (Å²) in [5.74, 6) is -0.790. The molecule has 9 nitrogen and oxygen atoms in total. The summed E-state index contributed by atoms with van der Waals surface area (Å²) in [6.07, 6.45) is 1.66. The molecule has 0 unspecified atom stereocenters. The van der Waals surface area contributed by atoms with E-state index < -0.39 is 27.6 Å². The largest absolute Gasteiger partial charge is 0.415 e. The van der Waals surface area contributed by atoms with E-state index in [-0.39, 0.29) is 12.4 Å². The molecule has 4 aromatic rings. The molecule has 0 saturated carbocycles. The number of anilines is 1. The Bertz CT molecular complexity index is 1380. The van der Waals surface area contributed by atoms with E-state index in [0.29, 0.717) is 48.5 Å². The summed E-state index contributed by atoms with van der Waals surface area (Å²) in [7, 11) is -3.63. The highest BCUT2D eigenvalue weighted by Gasteiger charge is 2.33. The third-order valence-corrected chi connectivity index (χ3v) is 8.02. The van der Waals surface area contributed by atoms with E-state index in [2.05, 4.69) is 20.5 Å². The van der Waals surface area contributed by atoms with Crippen molar-refractivity contribution in [3.8, 4) is 11.5 Å². The zero-order valence-corrected chi connectivity index (χ0v) is 18.8. The van der Waals surface area contributed by atoms with Gasteiger partial charge in [-0.3, -0.25) is 4.31 Å². The first-order chi connectivity index (χ1) is 16.4. The number of hydrogen-bond donors (Lipinski definition) is 1. The van der Waals surface area contributed by atoms with Gasteiger partial charge in [-0.05, 0) is 50.2 Å². The number of benzene rings is 1. The zero-order chi connectivity index (χ0) is 23.7. The number of piperidine rings is 1. The molecule has 1 aliphatic heterocycles. The monoisotopic (exact) mass is 488 g/mol. The fraction of sp³-hybridized carbons (Fsp3) is 0.318. The summed E-state index contributed by atoms with van der Waals surface area (Å²) < 4.78 is 60.9. The van der Waals surface area contributed by atoms with E-state index in [1.54, 1.807) is 53.2 Å². The van der Waals surface area contributed by atoms with Gasteiger partial charge in [-0.25, -0.2) is 13.4 Å². The second kappa shape index (κ2) is 9.11. The lowest BCUT2D eigenvalue weighted by Crippen LogP contribution is -2.44. The number of imidazole rings is 1. The molecule has 1 aliphatic rings. The van der Waals surface area contributed by atoms with Gasteiger partial charge in [0.25, 0.3) is 5.89 Å². The Morgan fingerprint density at radius 3 is 2.62 bits per heavy atom. The fourth-order valence-corrected chi connectivity index (χ4v) is 5.94. The van der Waals surface area contributed by atoms with Crippen LogP contribution in [0.15, 0.2) is 59.3 Å². The van der Waals surface area contributed by atoms with E-state index in [0.717, 1.165) is 0 Å². The Balaban J connectivity index is 1.47. The molecule has 4 heterocycles. The van der Waals surface area contributed by atoms with Crippen LogP contribution in [0.25, 0.3) is 17.1 Å². The number of halogens is 2. The average molecular weight is 489 g/mol. The van der Waals surface area contributed by atoms with E-state index >= 15 is 0 Å². The zero-order valence-electron chi connectivity index (χ0n) is 18.0. The molecule has 0 aliphatic carbocycles. The van der Waals surface area contributed by atoms with Crippen LogP contribution in [0, 0.1) is 0 Å². The molecule has 5 rings (SSSR count). The fourth-order valence-electron chi connectivity index (χ4n) is 4.03. The van der Waals surface area contributed by atoms with Crippen LogP contribution in [0.3, 0.4) is 0 Å². The lowest BCUT2D eigenvalue weighted by molar-refractivity contribution is 0.116. The number of nitrogens with zero attached hydrogens (tertiary/aromatic N) is 5. The molecule has 1 N–H and O–H groups in total. The van der Waals surface area contributed by atoms with Crippen molar-refractivity contribution in [3.63, 3.8) is 0 Å². The number of nitrogens with one attached hydrogen (secondary N) is 1. The van der Waals surface area contributed by atoms with E-state index in [1.165, 1.54) is 4.31 Å². The molecular formula is C22H22F2N6O3S. The first-order valence-electron chi connectivity index (χ1n) is 10.8. The standard InChI is InChI=1S/C22H22F2N6O3S/c23-20(24)22-28-27-21(33-22)15-8-11-29-13-16(26-19(29)12-15)14-30(17-4-2-1-3-5-17)34(31,32)18-6-9-25-10-7-18/h1-5,8,11-13,18,20,25H,6-7,9-10,14H2. The summed E-state index contributed by atoms with van der Waals surface area (Å²) in [4.78, 5) is 4.57. The van der Waals surface area contributed by atoms with Crippen molar-refractivity contribution in [2.45, 2.75) is 31.1 Å². The normalized spacial score (nSPS) is 15.3. The molecule has 3 aromatic heterocycles. The molecule has 0 amide bonds. The van der Waals surface area contributed by atoms with Crippen molar-refractivity contribution in [2.24, 2.45) is 0 Å². The van der Waals surface area contributed by atoms with Crippen molar-refractivity contribution in [1.29, 1.82) is 0 Å². The predicted octanol–water partition coefficient (Wildman–Crippen LogP) is 3.41. The van der Waals surface area contributed by atoms with Gasteiger partial charge in [0, 0.05) is 18.0 Å². The van der Waals surface area contributed by atoms with E-state index in [4.69, 9.17) is 4.42 Å². The van der Waals surface area contributed by atoms with Crippen molar-refractivity contribution in [2.75, 3.05) is 17.4 Å². The minimum absolute atomic E-state index is 0.0400. The Morgan fingerprint density at radius 2 is 1.91 bits per heavy atom. The molecule has 178 valence electrons. The molecule has 1 fully saturated rings. The van der Waals surface area contributed by atoms with Gasteiger partial charge < -0.3 is 14.1 Å². The highest BCUT2D eigenvalue weighted by Crippen LogP contribution is 2.28. The predicted molar refractivity (Wildman–Crippen MR) is 121 cm³/mol. The van der Waals surface area contributed by atoms with Crippen molar-refractivity contribution >= 4 is 21.4 Å². The van der Waals surface area contributed by atoms with Gasteiger partial charge in [-0.15, -0.1) is 10.2 Å². The van der Waals surface area contributed by atoms with Crippen molar-refractivity contribution < 1.29 is 21.6 Å². The van der Waals surface area contributed by atoms with Gasteiger partial charge in [-0.2, -0.15) is 8.78 Å². The Morgan fingerprint density at radius 1 is 1.15 bits per heavy atom. The number of fused-ring (bicyclic) bond motifs is 1. The highest BCUT2D eigenvalue weighted by molar-refractivity contribution is 7.93. The van der Waals surface area contributed by atoms with E-state index in [1.807, 2.05) is 6.07 Å². The van der Waals surface area contributed by atoms with Gasteiger partial charge in [0.1, 0.15) is 5.65 Å². The summed E-state index contributed by atoms with van der Waals surface area (Å²) in [5.41, 5.74) is 2.05. The Kier molecular flexibility index (Phi) is 6.00. The van der Waals surface area contributed by atoms with Gasteiger partial charge in [-0.1, -0.05) is 18.2 Å². The first-order valence-corrected chi connectivity index (χ1v) is 12.3.